The molecule has 0 unspecified atom stereocenters. The second-order valence-corrected chi connectivity index (χ2v) is 7.79. The van der Waals surface area contributed by atoms with Gasteiger partial charge in [0.25, 0.3) is 5.91 Å². The number of aliphatic hydroxyl groups excluding tert-OH is 1. The Morgan fingerprint density at radius 2 is 2.00 bits per heavy atom. The lowest BCUT2D eigenvalue weighted by atomic mass is 10.0. The number of benzene rings is 1. The van der Waals surface area contributed by atoms with Gasteiger partial charge in [-0.1, -0.05) is 0 Å². The number of ether oxygens (including phenoxy) is 2. The fourth-order valence-corrected chi connectivity index (χ4v) is 3.90. The van der Waals surface area contributed by atoms with Crippen LogP contribution >= 0.6 is 0 Å². The zero-order chi connectivity index (χ0) is 24.6. The minimum absolute atomic E-state index is 0.0307. The van der Waals surface area contributed by atoms with Gasteiger partial charge in [0, 0.05) is 24.1 Å². The Morgan fingerprint density at radius 3 is 2.59 bits per heavy atom. The quantitative estimate of drug-likeness (QED) is 0.478. The summed E-state index contributed by atoms with van der Waals surface area (Å²) in [6, 6.07) is 4.69. The fraction of sp³-hybridized carbons (Fsp3) is 0.364. The monoisotopic (exact) mass is 480 g/mol. The van der Waals surface area contributed by atoms with Crippen LogP contribution in [0, 0.1) is 0 Å². The highest BCUT2D eigenvalue weighted by Gasteiger charge is 2.47. The fourth-order valence-electron chi connectivity index (χ4n) is 3.90. The van der Waals surface area contributed by atoms with E-state index in [9.17, 15) is 23.1 Å². The van der Waals surface area contributed by atoms with Crippen molar-refractivity contribution in [3.63, 3.8) is 0 Å². The van der Waals surface area contributed by atoms with Gasteiger partial charge in [-0.15, -0.1) is 0 Å². The van der Waals surface area contributed by atoms with Crippen LogP contribution in [0.3, 0.4) is 0 Å². The highest BCUT2D eigenvalue weighted by molar-refractivity contribution is 6.04. The molecular weight excluding hydrogens is 457 g/mol. The van der Waals surface area contributed by atoms with Crippen molar-refractivity contribution in [3.05, 3.63) is 53.6 Å². The normalized spacial score (nSPS) is 18.6. The summed E-state index contributed by atoms with van der Waals surface area (Å²) < 4.78 is 57.9. The first kappa shape index (κ1) is 23.5. The van der Waals surface area contributed by atoms with Crippen LogP contribution in [0.5, 0.6) is 11.5 Å². The van der Waals surface area contributed by atoms with Gasteiger partial charge in [-0.2, -0.15) is 18.3 Å². The van der Waals surface area contributed by atoms with Crippen LogP contribution < -0.4 is 20.1 Å². The minimum atomic E-state index is -4.59. The average molecular weight is 480 g/mol. The third-order valence-electron chi connectivity index (χ3n) is 5.56. The van der Waals surface area contributed by atoms with E-state index in [1.165, 1.54) is 45.6 Å². The van der Waals surface area contributed by atoms with Gasteiger partial charge in [-0.05, 0) is 25.1 Å². The van der Waals surface area contributed by atoms with Crippen LogP contribution in [0.4, 0.5) is 24.7 Å². The third kappa shape index (κ3) is 4.40. The molecule has 3 aromatic rings. The van der Waals surface area contributed by atoms with E-state index < -0.39 is 30.3 Å². The van der Waals surface area contributed by atoms with Crippen LogP contribution in [-0.4, -0.2) is 41.2 Å². The first-order valence-electron chi connectivity index (χ1n) is 10.3. The number of rotatable bonds is 6. The van der Waals surface area contributed by atoms with Gasteiger partial charge in [0.2, 0.25) is 0 Å². The number of aromatic nitrogens is 2. The van der Waals surface area contributed by atoms with Crippen LogP contribution in [0.25, 0.3) is 0 Å². The standard InChI is InChI=1S/C22H23F3N4O5/c1-11(30)12-7-17(32-2)18(33-3)8-13(12)27-21(31)15-10-20-26-14(16-5-4-6-34-16)9-19(22(23,24)25)29(20)28-15/h4-8,10-11,14,19,26,30H,9H2,1-3H3,(H,27,31)/t11-,14-,19+/m1/s1. The predicted molar refractivity (Wildman–Crippen MR) is 115 cm³/mol. The van der Waals surface area contributed by atoms with E-state index in [0.29, 0.717) is 22.8 Å². The maximum absolute atomic E-state index is 13.8. The van der Waals surface area contributed by atoms with Crippen molar-refractivity contribution >= 4 is 17.4 Å². The van der Waals surface area contributed by atoms with E-state index in [1.54, 1.807) is 12.1 Å². The van der Waals surface area contributed by atoms with Crippen molar-refractivity contribution in [2.24, 2.45) is 0 Å². The predicted octanol–water partition coefficient (Wildman–Crippen LogP) is 4.46. The number of nitrogens with zero attached hydrogens (tertiary/aromatic N) is 2. The molecule has 1 aliphatic rings. The molecule has 0 spiro atoms. The molecule has 0 saturated heterocycles. The van der Waals surface area contributed by atoms with E-state index in [1.807, 2.05) is 0 Å². The topological polar surface area (TPSA) is 111 Å². The molecular formula is C22H23F3N4O5. The average Bonchev–Trinajstić information content (AvgIpc) is 3.47. The molecule has 34 heavy (non-hydrogen) atoms. The summed E-state index contributed by atoms with van der Waals surface area (Å²) in [7, 11) is 2.84. The number of hydrogen-bond acceptors (Lipinski definition) is 7. The lowest BCUT2D eigenvalue weighted by Crippen LogP contribution is -2.35. The Bertz CT molecular complexity index is 1170. The summed E-state index contributed by atoms with van der Waals surface area (Å²) in [5.41, 5.74) is 0.305. The van der Waals surface area contributed by atoms with Crippen molar-refractivity contribution in [2.75, 3.05) is 24.9 Å². The van der Waals surface area contributed by atoms with Gasteiger partial charge in [0.05, 0.1) is 38.3 Å². The van der Waals surface area contributed by atoms with Gasteiger partial charge in [0.1, 0.15) is 11.6 Å². The third-order valence-corrected chi connectivity index (χ3v) is 5.56. The number of carbonyl (C=O) groups is 1. The maximum atomic E-state index is 13.8. The van der Waals surface area contributed by atoms with E-state index in [4.69, 9.17) is 13.9 Å². The summed E-state index contributed by atoms with van der Waals surface area (Å²) in [4.78, 5) is 13.0. The molecule has 4 rings (SSSR count). The highest BCUT2D eigenvalue weighted by Crippen LogP contribution is 2.44. The van der Waals surface area contributed by atoms with E-state index in [2.05, 4.69) is 15.7 Å². The summed E-state index contributed by atoms with van der Waals surface area (Å²) >= 11 is 0. The molecule has 3 heterocycles. The molecule has 12 heteroatoms. The first-order valence-corrected chi connectivity index (χ1v) is 10.3. The second kappa shape index (κ2) is 8.93. The lowest BCUT2D eigenvalue weighted by Gasteiger charge is -2.32. The van der Waals surface area contributed by atoms with Crippen molar-refractivity contribution < 1.29 is 37.0 Å². The molecule has 0 aliphatic carbocycles. The number of fused-ring (bicyclic) bond motifs is 1. The summed E-state index contributed by atoms with van der Waals surface area (Å²) in [6.07, 6.45) is -4.54. The summed E-state index contributed by atoms with van der Waals surface area (Å²) in [5, 5.41) is 19.6. The van der Waals surface area contributed by atoms with Crippen molar-refractivity contribution in [1.82, 2.24) is 9.78 Å². The number of amides is 1. The zero-order valence-electron chi connectivity index (χ0n) is 18.5. The smallest absolute Gasteiger partial charge is 0.410 e. The number of furan rings is 1. The Balaban J connectivity index is 1.67. The molecule has 3 N–H and O–H groups in total. The van der Waals surface area contributed by atoms with Gasteiger partial charge in [-0.3, -0.25) is 4.79 Å². The molecule has 0 radical (unpaired) electrons. The number of hydrogen-bond donors (Lipinski definition) is 3. The number of alkyl halides is 3. The molecule has 9 nitrogen and oxygen atoms in total. The van der Waals surface area contributed by atoms with Gasteiger partial charge in [-0.25, -0.2) is 4.68 Å². The van der Waals surface area contributed by atoms with Gasteiger partial charge >= 0.3 is 6.18 Å². The maximum Gasteiger partial charge on any atom is 0.410 e. The van der Waals surface area contributed by atoms with Crippen LogP contribution in [0.1, 0.15) is 53.3 Å². The van der Waals surface area contributed by atoms with Gasteiger partial charge < -0.3 is 29.6 Å². The number of carbonyl (C=O) groups excluding carboxylic acids is 1. The molecule has 3 atom stereocenters. The molecule has 1 aromatic carbocycles. The van der Waals surface area contributed by atoms with Crippen molar-refractivity contribution in [2.45, 2.75) is 37.7 Å². The Hall–Kier alpha value is -3.67. The van der Waals surface area contributed by atoms with Crippen LogP contribution in [0.2, 0.25) is 0 Å². The Morgan fingerprint density at radius 1 is 1.29 bits per heavy atom. The largest absolute Gasteiger partial charge is 0.493 e. The Labute approximate surface area is 192 Å². The van der Waals surface area contributed by atoms with Crippen molar-refractivity contribution in [1.29, 1.82) is 0 Å². The Kier molecular flexibility index (Phi) is 6.17. The summed E-state index contributed by atoms with van der Waals surface area (Å²) in [6.45, 7) is 1.50. The van der Waals surface area contributed by atoms with Crippen molar-refractivity contribution in [3.8, 4) is 11.5 Å². The molecule has 1 aliphatic heterocycles. The summed E-state index contributed by atoms with van der Waals surface area (Å²) in [5.74, 6) is 0.262. The van der Waals surface area contributed by atoms with E-state index >= 15 is 0 Å². The molecule has 0 fully saturated rings. The number of anilines is 2. The molecule has 1 amide bonds. The van der Waals surface area contributed by atoms with Crippen LogP contribution in [0.15, 0.2) is 41.0 Å². The molecule has 0 saturated carbocycles. The molecule has 0 bridgehead atoms. The van der Waals surface area contributed by atoms with E-state index in [0.717, 1.165) is 4.68 Å². The first-order chi connectivity index (χ1) is 16.1. The highest BCUT2D eigenvalue weighted by atomic mass is 19.4. The van der Waals surface area contributed by atoms with E-state index in [-0.39, 0.29) is 23.6 Å². The number of halogens is 3. The number of aliphatic hydroxyl groups is 1. The number of methoxy groups -OCH3 is 2. The van der Waals surface area contributed by atoms with Crippen LogP contribution in [-0.2, 0) is 0 Å². The number of nitrogens with one attached hydrogen (secondary N) is 2. The minimum Gasteiger partial charge on any atom is -0.493 e. The molecule has 2 aromatic heterocycles. The lowest BCUT2D eigenvalue weighted by molar-refractivity contribution is -0.174. The SMILES string of the molecule is COc1cc(NC(=O)c2cc3n(n2)[C@H](C(F)(F)F)C[C@H](c2ccco2)N3)c([C@@H](C)O)cc1OC. The molecule has 182 valence electrons. The second-order valence-electron chi connectivity index (χ2n) is 7.79. The van der Waals surface area contributed by atoms with Gasteiger partial charge in [0.15, 0.2) is 23.2 Å². The zero-order valence-corrected chi connectivity index (χ0v) is 18.5.